The minimum Gasteiger partial charge on any atom is -0.406 e. The molecule has 0 spiro atoms. The van der Waals surface area contributed by atoms with Crippen molar-refractivity contribution in [2.45, 2.75) is 6.36 Å². The summed E-state index contributed by atoms with van der Waals surface area (Å²) in [4.78, 5) is 0. The largest absolute Gasteiger partial charge is 0.573 e. The van der Waals surface area contributed by atoms with Crippen LogP contribution in [0.3, 0.4) is 0 Å². The highest BCUT2D eigenvalue weighted by Gasteiger charge is 2.31. The molecule has 0 aliphatic rings. The summed E-state index contributed by atoms with van der Waals surface area (Å²) in [7, 11) is 0. The van der Waals surface area contributed by atoms with Crippen molar-refractivity contribution in [3.63, 3.8) is 0 Å². The molecule has 0 unspecified atom stereocenters. The summed E-state index contributed by atoms with van der Waals surface area (Å²) in [5.74, 6) is -2.40. The Morgan fingerprint density at radius 2 is 1.57 bits per heavy atom. The van der Waals surface area contributed by atoms with Crippen LogP contribution in [0.15, 0.2) is 36.4 Å². The molecule has 108 valence electrons. The Hall–Kier alpha value is -2.62. The molecule has 0 fully saturated rings. The maximum absolute atomic E-state index is 13.2. The number of alkyl halides is 3. The zero-order valence-electron chi connectivity index (χ0n) is 10.2. The van der Waals surface area contributed by atoms with Crippen LogP contribution in [0.1, 0.15) is 5.56 Å². The van der Waals surface area contributed by atoms with Crippen molar-refractivity contribution in [2.75, 3.05) is 0 Å². The van der Waals surface area contributed by atoms with Crippen LogP contribution in [0, 0.1) is 23.0 Å². The Bertz CT molecular complexity index is 698. The number of hydrogen-bond donors (Lipinski definition) is 0. The minimum atomic E-state index is -4.90. The van der Waals surface area contributed by atoms with Gasteiger partial charge in [-0.3, -0.25) is 0 Å². The van der Waals surface area contributed by atoms with E-state index in [9.17, 15) is 22.0 Å². The highest BCUT2D eigenvalue weighted by Crippen LogP contribution is 2.31. The maximum atomic E-state index is 13.2. The Kier molecular flexibility index (Phi) is 3.80. The third-order valence-electron chi connectivity index (χ3n) is 2.52. The molecule has 7 heteroatoms. The van der Waals surface area contributed by atoms with E-state index in [1.165, 1.54) is 0 Å². The van der Waals surface area contributed by atoms with Gasteiger partial charge in [0.25, 0.3) is 0 Å². The Morgan fingerprint density at radius 3 is 2.10 bits per heavy atom. The van der Waals surface area contributed by atoms with E-state index in [-0.39, 0.29) is 16.7 Å². The number of halogens is 5. The Balaban J connectivity index is 2.55. The molecule has 0 radical (unpaired) electrons. The van der Waals surface area contributed by atoms with Crippen molar-refractivity contribution >= 4 is 0 Å². The quantitative estimate of drug-likeness (QED) is 0.770. The molecule has 0 N–H and O–H groups in total. The van der Waals surface area contributed by atoms with Crippen molar-refractivity contribution in [3.05, 3.63) is 53.6 Å². The van der Waals surface area contributed by atoms with E-state index >= 15 is 0 Å². The van der Waals surface area contributed by atoms with Gasteiger partial charge in [0.05, 0.1) is 11.6 Å². The molecule has 2 aromatic carbocycles. The monoisotopic (exact) mass is 299 g/mol. The molecule has 0 aliphatic carbocycles. The first-order valence-electron chi connectivity index (χ1n) is 5.55. The predicted molar refractivity (Wildman–Crippen MR) is 63.2 cm³/mol. The molecule has 0 aromatic heterocycles. The summed E-state index contributed by atoms with van der Waals surface area (Å²) in [6.45, 7) is 0. The number of rotatable bonds is 2. The lowest BCUT2D eigenvalue weighted by Crippen LogP contribution is -2.17. The molecule has 21 heavy (non-hydrogen) atoms. The number of ether oxygens (including phenoxy) is 1. The average Bonchev–Trinajstić information content (AvgIpc) is 2.35. The molecule has 0 bridgehead atoms. The topological polar surface area (TPSA) is 33.0 Å². The van der Waals surface area contributed by atoms with Crippen LogP contribution in [-0.4, -0.2) is 6.36 Å². The zero-order chi connectivity index (χ0) is 15.6. The first kappa shape index (κ1) is 14.8. The standard InChI is InChI=1S/C14H6F5NO/c15-10-3-9(4-11(16)5-10)13-6-12(21-14(17,18)19)2-1-8(13)7-20/h1-6H. The van der Waals surface area contributed by atoms with Crippen LogP contribution < -0.4 is 4.74 Å². The molecule has 0 heterocycles. The fourth-order valence-corrected chi connectivity index (χ4v) is 1.77. The molecule has 0 saturated heterocycles. The fourth-order valence-electron chi connectivity index (χ4n) is 1.77. The smallest absolute Gasteiger partial charge is 0.406 e. The van der Waals surface area contributed by atoms with Crippen LogP contribution in [0.2, 0.25) is 0 Å². The maximum Gasteiger partial charge on any atom is 0.573 e. The Labute approximate surface area is 116 Å². The molecule has 2 rings (SSSR count). The second-order valence-corrected chi connectivity index (χ2v) is 4.03. The predicted octanol–water partition coefficient (Wildman–Crippen LogP) is 4.40. The van der Waals surface area contributed by atoms with Gasteiger partial charge in [0.15, 0.2) is 0 Å². The molecule has 0 amide bonds. The summed E-state index contributed by atoms with van der Waals surface area (Å²) in [6, 6.07) is 7.12. The van der Waals surface area contributed by atoms with Crippen molar-refractivity contribution in [3.8, 4) is 22.9 Å². The summed E-state index contributed by atoms with van der Waals surface area (Å²) in [5, 5.41) is 8.94. The lowest BCUT2D eigenvalue weighted by Gasteiger charge is -2.11. The van der Waals surface area contributed by atoms with E-state index in [4.69, 9.17) is 5.26 Å². The van der Waals surface area contributed by atoms with Crippen LogP contribution in [0.4, 0.5) is 22.0 Å². The second kappa shape index (κ2) is 5.40. The number of hydrogen-bond acceptors (Lipinski definition) is 2. The van der Waals surface area contributed by atoms with E-state index in [0.717, 1.165) is 30.3 Å². The zero-order valence-corrected chi connectivity index (χ0v) is 10.2. The summed E-state index contributed by atoms with van der Waals surface area (Å²) >= 11 is 0. The van der Waals surface area contributed by atoms with Gasteiger partial charge in [0, 0.05) is 11.6 Å². The van der Waals surface area contributed by atoms with Crippen molar-refractivity contribution in [2.24, 2.45) is 0 Å². The van der Waals surface area contributed by atoms with E-state index in [1.54, 1.807) is 6.07 Å². The van der Waals surface area contributed by atoms with E-state index < -0.39 is 23.7 Å². The highest BCUT2D eigenvalue weighted by molar-refractivity contribution is 5.72. The SMILES string of the molecule is N#Cc1ccc(OC(F)(F)F)cc1-c1cc(F)cc(F)c1. The van der Waals surface area contributed by atoms with Gasteiger partial charge in [0.1, 0.15) is 17.4 Å². The fraction of sp³-hybridized carbons (Fsp3) is 0.0714. The molecule has 0 atom stereocenters. The van der Waals surface area contributed by atoms with Crippen LogP contribution >= 0.6 is 0 Å². The Morgan fingerprint density at radius 1 is 0.952 bits per heavy atom. The molecule has 0 aliphatic heterocycles. The van der Waals surface area contributed by atoms with Gasteiger partial charge in [0.2, 0.25) is 0 Å². The van der Waals surface area contributed by atoms with E-state index in [1.807, 2.05) is 0 Å². The van der Waals surface area contributed by atoms with Crippen LogP contribution in [0.5, 0.6) is 5.75 Å². The number of nitrogens with zero attached hydrogens (tertiary/aromatic N) is 1. The number of nitriles is 1. The van der Waals surface area contributed by atoms with Gasteiger partial charge in [-0.1, -0.05) is 0 Å². The van der Waals surface area contributed by atoms with Crippen molar-refractivity contribution < 1.29 is 26.7 Å². The average molecular weight is 299 g/mol. The summed E-state index contributed by atoms with van der Waals surface area (Å²) < 4.78 is 66.6. The highest BCUT2D eigenvalue weighted by atomic mass is 19.4. The van der Waals surface area contributed by atoms with Gasteiger partial charge in [-0.15, -0.1) is 13.2 Å². The van der Waals surface area contributed by atoms with Gasteiger partial charge in [-0.2, -0.15) is 5.26 Å². The van der Waals surface area contributed by atoms with Crippen molar-refractivity contribution in [1.29, 1.82) is 5.26 Å². The molecule has 0 saturated carbocycles. The third kappa shape index (κ3) is 3.69. The summed E-state index contributed by atoms with van der Waals surface area (Å²) in [5.41, 5.74) is -0.149. The second-order valence-electron chi connectivity index (χ2n) is 4.03. The first-order valence-corrected chi connectivity index (χ1v) is 5.55. The van der Waals surface area contributed by atoms with Gasteiger partial charge in [-0.05, 0) is 35.9 Å². The van der Waals surface area contributed by atoms with Gasteiger partial charge in [-0.25, -0.2) is 8.78 Å². The number of benzene rings is 2. The first-order chi connectivity index (χ1) is 9.78. The molecular weight excluding hydrogens is 293 g/mol. The van der Waals surface area contributed by atoms with Gasteiger partial charge < -0.3 is 4.74 Å². The van der Waals surface area contributed by atoms with Crippen LogP contribution in [-0.2, 0) is 0 Å². The molecular formula is C14H6F5NO. The lowest BCUT2D eigenvalue weighted by atomic mass is 10.00. The van der Waals surface area contributed by atoms with E-state index in [0.29, 0.717) is 6.07 Å². The lowest BCUT2D eigenvalue weighted by molar-refractivity contribution is -0.274. The normalized spacial score (nSPS) is 11.0. The van der Waals surface area contributed by atoms with Crippen molar-refractivity contribution in [1.82, 2.24) is 0 Å². The summed E-state index contributed by atoms with van der Waals surface area (Å²) in [6.07, 6.45) is -4.90. The third-order valence-corrected chi connectivity index (χ3v) is 2.52. The van der Waals surface area contributed by atoms with Crippen LogP contribution in [0.25, 0.3) is 11.1 Å². The molecule has 2 aromatic rings. The minimum absolute atomic E-state index is 0.0328. The van der Waals surface area contributed by atoms with Gasteiger partial charge >= 0.3 is 6.36 Å². The molecule has 2 nitrogen and oxygen atoms in total. The van der Waals surface area contributed by atoms with E-state index in [2.05, 4.69) is 4.74 Å².